The smallest absolute Gasteiger partial charge is 0.301 e. The zero-order chi connectivity index (χ0) is 21.4. The molecule has 2 aromatic carbocycles. The highest BCUT2D eigenvalue weighted by Crippen LogP contribution is 2.42. The molecule has 8 heteroatoms. The van der Waals surface area contributed by atoms with Crippen molar-refractivity contribution in [2.24, 2.45) is 0 Å². The van der Waals surface area contributed by atoms with Crippen LogP contribution >= 0.6 is 0 Å². The number of hydrogen-bond acceptors (Lipinski definition) is 6. The van der Waals surface area contributed by atoms with Crippen LogP contribution < -0.4 is 9.64 Å². The van der Waals surface area contributed by atoms with E-state index in [9.17, 15) is 19.1 Å². The molecule has 0 aliphatic carbocycles. The van der Waals surface area contributed by atoms with Gasteiger partial charge in [0.15, 0.2) is 5.82 Å². The van der Waals surface area contributed by atoms with Gasteiger partial charge in [0.1, 0.15) is 23.1 Å². The number of aliphatic hydroxyl groups is 1. The number of amides is 1. The molecule has 152 valence electrons. The molecule has 0 saturated carbocycles. The van der Waals surface area contributed by atoms with Gasteiger partial charge in [-0.3, -0.25) is 14.5 Å². The van der Waals surface area contributed by atoms with Gasteiger partial charge in [-0.1, -0.05) is 23.4 Å². The van der Waals surface area contributed by atoms with Crippen LogP contribution in [0.5, 0.6) is 5.75 Å². The van der Waals surface area contributed by atoms with E-state index < -0.39 is 29.3 Å². The number of ketones is 1. The number of carbonyl (C=O) groups is 2. The number of aromatic nitrogens is 1. The van der Waals surface area contributed by atoms with Gasteiger partial charge < -0.3 is 14.4 Å². The van der Waals surface area contributed by atoms with Gasteiger partial charge in [-0.15, -0.1) is 0 Å². The lowest BCUT2D eigenvalue weighted by Crippen LogP contribution is -2.30. The first-order valence-electron chi connectivity index (χ1n) is 9.05. The van der Waals surface area contributed by atoms with E-state index in [0.29, 0.717) is 11.5 Å². The molecule has 3 aromatic rings. The maximum atomic E-state index is 14.7. The fourth-order valence-corrected chi connectivity index (χ4v) is 3.43. The first kappa shape index (κ1) is 19.4. The summed E-state index contributed by atoms with van der Waals surface area (Å²) in [5.74, 6) is -1.92. The molecule has 1 saturated heterocycles. The molecule has 7 nitrogen and oxygen atoms in total. The van der Waals surface area contributed by atoms with E-state index in [2.05, 4.69) is 5.16 Å². The Labute approximate surface area is 171 Å². The van der Waals surface area contributed by atoms with Gasteiger partial charge >= 0.3 is 5.91 Å². The van der Waals surface area contributed by atoms with Crippen molar-refractivity contribution in [3.63, 3.8) is 0 Å². The summed E-state index contributed by atoms with van der Waals surface area (Å²) in [6.07, 6.45) is 0. The van der Waals surface area contributed by atoms with E-state index in [1.165, 1.54) is 31.4 Å². The molecule has 0 bridgehead atoms. The molecular weight excluding hydrogens is 391 g/mol. The van der Waals surface area contributed by atoms with Crippen LogP contribution in [-0.4, -0.2) is 29.1 Å². The summed E-state index contributed by atoms with van der Waals surface area (Å²) in [5.41, 5.74) is 0.0924. The highest BCUT2D eigenvalue weighted by molar-refractivity contribution is 6.51. The lowest BCUT2D eigenvalue weighted by Gasteiger charge is -2.23. The number of ether oxygens (including phenoxy) is 1. The Morgan fingerprint density at radius 2 is 1.87 bits per heavy atom. The normalized spacial score (nSPS) is 18.1. The third-order valence-corrected chi connectivity index (χ3v) is 4.87. The fourth-order valence-electron chi connectivity index (χ4n) is 3.43. The number of methoxy groups -OCH3 is 1. The second-order valence-electron chi connectivity index (χ2n) is 6.71. The summed E-state index contributed by atoms with van der Waals surface area (Å²) < 4.78 is 24.9. The number of anilines is 1. The summed E-state index contributed by atoms with van der Waals surface area (Å²) in [6.45, 7) is 1.63. The zero-order valence-electron chi connectivity index (χ0n) is 16.1. The monoisotopic (exact) mass is 408 g/mol. The van der Waals surface area contributed by atoms with E-state index >= 15 is 0 Å². The zero-order valence-corrected chi connectivity index (χ0v) is 16.1. The van der Waals surface area contributed by atoms with Crippen LogP contribution in [0, 0.1) is 12.7 Å². The van der Waals surface area contributed by atoms with Crippen LogP contribution in [0.3, 0.4) is 0 Å². The lowest BCUT2D eigenvalue weighted by molar-refractivity contribution is -0.132. The van der Waals surface area contributed by atoms with Crippen molar-refractivity contribution >= 4 is 23.3 Å². The third-order valence-electron chi connectivity index (χ3n) is 4.87. The van der Waals surface area contributed by atoms with Gasteiger partial charge in [-0.25, -0.2) is 4.39 Å². The minimum absolute atomic E-state index is 0.0485. The van der Waals surface area contributed by atoms with E-state index in [1.807, 2.05) is 0 Å². The Balaban J connectivity index is 1.94. The summed E-state index contributed by atoms with van der Waals surface area (Å²) in [7, 11) is 1.50. The predicted octanol–water partition coefficient (Wildman–Crippen LogP) is 3.76. The number of benzene rings is 2. The standard InChI is InChI=1S/C22H17FN2O5/c1-12-11-17(24-30-12)25-19(15-5-3-4-6-16(15)23)18(21(27)22(25)28)20(26)13-7-9-14(29-2)10-8-13/h3-11,19,26H,1-2H3/b20-18+. The Kier molecular flexibility index (Phi) is 4.83. The van der Waals surface area contributed by atoms with Gasteiger partial charge in [0.2, 0.25) is 0 Å². The topological polar surface area (TPSA) is 92.9 Å². The molecule has 1 aliphatic rings. The Morgan fingerprint density at radius 3 is 2.47 bits per heavy atom. The quantitative estimate of drug-likeness (QED) is 0.401. The lowest BCUT2D eigenvalue weighted by atomic mass is 9.95. The highest BCUT2D eigenvalue weighted by atomic mass is 19.1. The van der Waals surface area contributed by atoms with Crippen molar-refractivity contribution in [1.82, 2.24) is 5.16 Å². The van der Waals surface area contributed by atoms with Gasteiger partial charge in [-0.05, 0) is 37.3 Å². The molecular formula is C22H17FN2O5. The SMILES string of the molecule is COc1ccc(/C(O)=C2\C(=O)C(=O)N(c3cc(C)on3)C2c2ccccc2F)cc1. The molecule has 1 fully saturated rings. The first-order chi connectivity index (χ1) is 14.4. The number of Topliss-reactive ketones (excluding diaryl/α,β-unsaturated/α-hetero) is 1. The van der Waals surface area contributed by atoms with Gasteiger partial charge in [0.05, 0.1) is 18.7 Å². The van der Waals surface area contributed by atoms with E-state index in [4.69, 9.17) is 9.26 Å². The van der Waals surface area contributed by atoms with Crippen molar-refractivity contribution in [3.05, 3.63) is 82.9 Å². The summed E-state index contributed by atoms with van der Waals surface area (Å²) in [6, 6.07) is 12.3. The van der Waals surface area contributed by atoms with E-state index in [0.717, 1.165) is 4.90 Å². The maximum absolute atomic E-state index is 14.7. The van der Waals surface area contributed by atoms with Crippen LogP contribution in [0.4, 0.5) is 10.2 Å². The predicted molar refractivity (Wildman–Crippen MR) is 105 cm³/mol. The number of aryl methyl sites for hydroxylation is 1. The second kappa shape index (κ2) is 7.47. The average molecular weight is 408 g/mol. The molecule has 2 heterocycles. The molecule has 0 spiro atoms. The number of hydrogen-bond donors (Lipinski definition) is 1. The maximum Gasteiger partial charge on any atom is 0.301 e. The van der Waals surface area contributed by atoms with Crippen molar-refractivity contribution in [3.8, 4) is 5.75 Å². The third kappa shape index (κ3) is 3.12. The van der Waals surface area contributed by atoms with Gasteiger partial charge in [-0.2, -0.15) is 0 Å². The number of aliphatic hydroxyl groups excluding tert-OH is 1. The van der Waals surface area contributed by atoms with E-state index in [-0.39, 0.29) is 22.5 Å². The van der Waals surface area contributed by atoms with Crippen LogP contribution in [0.1, 0.15) is 22.9 Å². The molecule has 1 aromatic heterocycles. The van der Waals surface area contributed by atoms with Crippen LogP contribution in [-0.2, 0) is 9.59 Å². The molecule has 0 radical (unpaired) electrons. The number of carbonyl (C=O) groups excluding carboxylic acids is 2. The van der Waals surface area contributed by atoms with Crippen molar-refractivity contribution < 1.29 is 28.3 Å². The first-order valence-corrected chi connectivity index (χ1v) is 9.05. The second-order valence-corrected chi connectivity index (χ2v) is 6.71. The molecule has 1 amide bonds. The summed E-state index contributed by atoms with van der Waals surface area (Å²) >= 11 is 0. The van der Waals surface area contributed by atoms with Crippen molar-refractivity contribution in [2.75, 3.05) is 12.0 Å². The minimum atomic E-state index is -1.21. The molecule has 1 aliphatic heterocycles. The van der Waals surface area contributed by atoms with Crippen molar-refractivity contribution in [1.29, 1.82) is 0 Å². The highest BCUT2D eigenvalue weighted by Gasteiger charge is 2.48. The van der Waals surface area contributed by atoms with Crippen molar-refractivity contribution in [2.45, 2.75) is 13.0 Å². The Hall–Kier alpha value is -3.94. The number of rotatable bonds is 4. The van der Waals surface area contributed by atoms with E-state index in [1.54, 1.807) is 37.3 Å². The van der Waals surface area contributed by atoms with Gasteiger partial charge in [0.25, 0.3) is 5.78 Å². The Morgan fingerprint density at radius 1 is 1.17 bits per heavy atom. The fraction of sp³-hybridized carbons (Fsp3) is 0.136. The Bertz CT molecular complexity index is 1170. The van der Waals surface area contributed by atoms with Crippen LogP contribution in [0.25, 0.3) is 5.76 Å². The summed E-state index contributed by atoms with van der Waals surface area (Å²) in [5, 5.41) is 14.7. The molecule has 1 N–H and O–H groups in total. The van der Waals surface area contributed by atoms with Crippen LogP contribution in [0.15, 0.2) is 64.7 Å². The molecule has 4 rings (SSSR count). The molecule has 1 unspecified atom stereocenters. The number of nitrogens with zero attached hydrogens (tertiary/aromatic N) is 2. The average Bonchev–Trinajstić information content (AvgIpc) is 3.29. The molecule has 30 heavy (non-hydrogen) atoms. The largest absolute Gasteiger partial charge is 0.507 e. The van der Waals surface area contributed by atoms with Crippen LogP contribution in [0.2, 0.25) is 0 Å². The van der Waals surface area contributed by atoms with Gasteiger partial charge in [0, 0.05) is 17.2 Å². The summed E-state index contributed by atoms with van der Waals surface area (Å²) in [4.78, 5) is 26.8. The minimum Gasteiger partial charge on any atom is -0.507 e. The number of halogens is 1. The molecule has 1 atom stereocenters.